The number of aryl methyl sites for hydroxylation is 2. The number of morpholine rings is 1. The second kappa shape index (κ2) is 11.2. The molecule has 0 radical (unpaired) electrons. The second-order valence-electron chi connectivity index (χ2n) is 10.6. The highest BCUT2D eigenvalue weighted by Crippen LogP contribution is 2.37. The predicted octanol–water partition coefficient (Wildman–Crippen LogP) is 4.51. The molecule has 210 valence electrons. The van der Waals surface area contributed by atoms with E-state index in [1.807, 2.05) is 36.4 Å². The van der Waals surface area contributed by atoms with Crippen LogP contribution in [0.25, 0.3) is 21.5 Å². The van der Waals surface area contributed by atoms with Gasteiger partial charge in [0.15, 0.2) is 0 Å². The first kappa shape index (κ1) is 26.8. The molecule has 0 aliphatic carbocycles. The Labute approximate surface area is 236 Å². The summed E-state index contributed by atoms with van der Waals surface area (Å²) in [4.78, 5) is 32.7. The number of anilines is 2. The first-order chi connectivity index (χ1) is 19.4. The highest BCUT2D eigenvalue weighted by molar-refractivity contribution is 7.15. The summed E-state index contributed by atoms with van der Waals surface area (Å²) < 4.78 is 22.5. The highest BCUT2D eigenvalue weighted by atomic mass is 32.1. The quantitative estimate of drug-likeness (QED) is 0.352. The summed E-state index contributed by atoms with van der Waals surface area (Å²) in [6.07, 6.45) is 6.10. The SMILES string of the molecule is Cc1nc(N[C@H](C)c2sc(-c3cnccc3CN3CCCC3)cc2F)c2cc(N3CCOCC3)c(=O)n(C)c2n1. The van der Waals surface area contributed by atoms with Crippen molar-refractivity contribution in [2.45, 2.75) is 39.3 Å². The number of rotatable bonds is 7. The molecule has 1 N–H and O–H groups in total. The van der Waals surface area contributed by atoms with Gasteiger partial charge in [-0.05, 0) is 63.5 Å². The molecular formula is C29H34FN7O2S. The van der Waals surface area contributed by atoms with Gasteiger partial charge < -0.3 is 15.0 Å². The molecule has 0 unspecified atom stereocenters. The standard InChI is InChI=1S/C29H34FN7O2S/c1-18(26-23(30)15-25(40-26)22-16-31-7-6-20(22)17-36-8-4-5-9-36)32-27-21-14-24(37-10-12-39-13-11-37)29(38)35(3)28(21)34-19(2)33-27/h6-7,14-16,18H,4-5,8-13,17H2,1-3H3,(H,32,33,34)/t18-/m1/s1. The number of fused-ring (bicyclic) bond motifs is 1. The topological polar surface area (TPSA) is 88.4 Å². The molecular weight excluding hydrogens is 529 g/mol. The molecule has 9 nitrogen and oxygen atoms in total. The van der Waals surface area contributed by atoms with E-state index in [-0.39, 0.29) is 17.4 Å². The number of halogens is 1. The number of thiophene rings is 1. The van der Waals surface area contributed by atoms with E-state index in [4.69, 9.17) is 4.74 Å². The molecule has 0 spiro atoms. The summed E-state index contributed by atoms with van der Waals surface area (Å²) in [6, 6.07) is 5.15. The lowest BCUT2D eigenvalue weighted by molar-refractivity contribution is 0.122. The van der Waals surface area contributed by atoms with Gasteiger partial charge in [0.25, 0.3) is 5.56 Å². The maximum Gasteiger partial charge on any atom is 0.275 e. The smallest absolute Gasteiger partial charge is 0.275 e. The van der Waals surface area contributed by atoms with Crippen molar-refractivity contribution >= 4 is 33.9 Å². The Morgan fingerprint density at radius 2 is 1.93 bits per heavy atom. The van der Waals surface area contributed by atoms with Crippen molar-refractivity contribution < 1.29 is 9.13 Å². The number of hydrogen-bond donors (Lipinski definition) is 1. The average molecular weight is 564 g/mol. The zero-order valence-corrected chi connectivity index (χ0v) is 23.9. The van der Waals surface area contributed by atoms with Crippen molar-refractivity contribution in [3.8, 4) is 10.4 Å². The molecule has 1 atom stereocenters. The van der Waals surface area contributed by atoms with Crippen molar-refractivity contribution in [2.75, 3.05) is 49.6 Å². The molecule has 2 aliphatic rings. The molecule has 0 amide bonds. The molecule has 2 aliphatic heterocycles. The van der Waals surface area contributed by atoms with Gasteiger partial charge in [-0.15, -0.1) is 11.3 Å². The maximum atomic E-state index is 15.4. The van der Waals surface area contributed by atoms with Crippen molar-refractivity contribution in [3.05, 3.63) is 63.0 Å². The summed E-state index contributed by atoms with van der Waals surface area (Å²) in [5.41, 5.74) is 3.16. The van der Waals surface area contributed by atoms with E-state index < -0.39 is 0 Å². The monoisotopic (exact) mass is 563 g/mol. The lowest BCUT2D eigenvalue weighted by Gasteiger charge is -2.29. The number of nitrogens with one attached hydrogen (secondary N) is 1. The third-order valence-electron chi connectivity index (χ3n) is 7.74. The molecule has 0 aromatic carbocycles. The minimum atomic E-state index is -0.362. The summed E-state index contributed by atoms with van der Waals surface area (Å²) in [6.45, 7) is 9.19. The van der Waals surface area contributed by atoms with Crippen LogP contribution in [-0.4, -0.2) is 63.8 Å². The van der Waals surface area contributed by atoms with Crippen molar-refractivity contribution in [2.24, 2.45) is 7.05 Å². The van der Waals surface area contributed by atoms with Gasteiger partial charge in [0.05, 0.1) is 29.5 Å². The van der Waals surface area contributed by atoms with Gasteiger partial charge in [0, 0.05) is 49.5 Å². The zero-order chi connectivity index (χ0) is 27.8. The zero-order valence-electron chi connectivity index (χ0n) is 23.1. The molecule has 4 aromatic rings. The van der Waals surface area contributed by atoms with E-state index in [0.717, 1.165) is 35.5 Å². The van der Waals surface area contributed by atoms with Crippen LogP contribution in [0.1, 0.15) is 42.1 Å². The van der Waals surface area contributed by atoms with Gasteiger partial charge in [-0.2, -0.15) is 0 Å². The molecule has 40 heavy (non-hydrogen) atoms. The van der Waals surface area contributed by atoms with E-state index in [9.17, 15) is 4.79 Å². The Hall–Kier alpha value is -3.41. The van der Waals surface area contributed by atoms with Crippen LogP contribution >= 0.6 is 11.3 Å². The first-order valence-electron chi connectivity index (χ1n) is 13.8. The van der Waals surface area contributed by atoms with Crippen LogP contribution in [0, 0.1) is 12.7 Å². The van der Waals surface area contributed by atoms with Gasteiger partial charge in [-0.3, -0.25) is 19.2 Å². The van der Waals surface area contributed by atoms with Gasteiger partial charge in [-0.1, -0.05) is 0 Å². The van der Waals surface area contributed by atoms with E-state index in [1.54, 1.807) is 24.6 Å². The Kier molecular flexibility index (Phi) is 7.52. The van der Waals surface area contributed by atoms with E-state index in [2.05, 4.69) is 25.2 Å². The minimum absolute atomic E-state index is 0.110. The molecule has 2 saturated heterocycles. The highest BCUT2D eigenvalue weighted by Gasteiger charge is 2.23. The number of ether oxygens (including phenoxy) is 1. The molecule has 2 fully saturated rings. The number of aromatic nitrogens is 4. The number of pyridine rings is 2. The Balaban J connectivity index is 1.33. The lowest BCUT2D eigenvalue weighted by Crippen LogP contribution is -2.40. The van der Waals surface area contributed by atoms with Crippen LogP contribution in [0.5, 0.6) is 0 Å². The van der Waals surface area contributed by atoms with Crippen molar-refractivity contribution in [1.82, 2.24) is 24.4 Å². The van der Waals surface area contributed by atoms with Crippen LogP contribution in [-0.2, 0) is 18.3 Å². The van der Waals surface area contributed by atoms with E-state index in [1.165, 1.54) is 29.7 Å². The van der Waals surface area contributed by atoms with Crippen LogP contribution in [0.2, 0.25) is 0 Å². The normalized spacial score (nSPS) is 17.1. The molecule has 6 heterocycles. The van der Waals surface area contributed by atoms with Crippen LogP contribution in [0.15, 0.2) is 35.4 Å². The third-order valence-corrected chi connectivity index (χ3v) is 9.07. The fourth-order valence-electron chi connectivity index (χ4n) is 5.61. The Morgan fingerprint density at radius 3 is 2.70 bits per heavy atom. The van der Waals surface area contributed by atoms with Gasteiger partial charge in [0.1, 0.15) is 28.8 Å². The molecule has 0 saturated carbocycles. The van der Waals surface area contributed by atoms with Gasteiger partial charge in [-0.25, -0.2) is 14.4 Å². The summed E-state index contributed by atoms with van der Waals surface area (Å²) in [5, 5.41) is 4.16. The molecule has 4 aromatic heterocycles. The van der Waals surface area contributed by atoms with Crippen LogP contribution in [0.3, 0.4) is 0 Å². The third kappa shape index (κ3) is 5.21. The number of likely N-dealkylation sites (tertiary alicyclic amines) is 1. The second-order valence-corrected chi connectivity index (χ2v) is 11.6. The number of hydrogen-bond acceptors (Lipinski definition) is 9. The molecule has 6 rings (SSSR count). The van der Waals surface area contributed by atoms with Crippen LogP contribution < -0.4 is 15.8 Å². The Morgan fingerprint density at radius 1 is 1.15 bits per heavy atom. The van der Waals surface area contributed by atoms with E-state index in [0.29, 0.717) is 54.2 Å². The Bertz CT molecular complexity index is 1590. The summed E-state index contributed by atoms with van der Waals surface area (Å²) >= 11 is 1.44. The molecule has 0 bridgehead atoms. The minimum Gasteiger partial charge on any atom is -0.378 e. The van der Waals surface area contributed by atoms with Crippen LogP contribution in [0.4, 0.5) is 15.9 Å². The largest absolute Gasteiger partial charge is 0.378 e. The summed E-state index contributed by atoms with van der Waals surface area (Å²) in [7, 11) is 1.73. The summed E-state index contributed by atoms with van der Waals surface area (Å²) in [5.74, 6) is 0.851. The maximum absolute atomic E-state index is 15.4. The lowest BCUT2D eigenvalue weighted by atomic mass is 10.1. The molecule has 11 heteroatoms. The van der Waals surface area contributed by atoms with Crippen molar-refractivity contribution in [3.63, 3.8) is 0 Å². The van der Waals surface area contributed by atoms with Crippen molar-refractivity contribution in [1.29, 1.82) is 0 Å². The fraction of sp³-hybridized carbons (Fsp3) is 0.448. The predicted molar refractivity (Wildman–Crippen MR) is 157 cm³/mol. The fourth-order valence-corrected chi connectivity index (χ4v) is 6.69. The van der Waals surface area contributed by atoms with E-state index >= 15 is 4.39 Å². The average Bonchev–Trinajstić information content (AvgIpc) is 3.61. The van der Waals surface area contributed by atoms with Gasteiger partial charge in [0.2, 0.25) is 0 Å². The number of nitrogens with zero attached hydrogens (tertiary/aromatic N) is 6. The first-order valence-corrected chi connectivity index (χ1v) is 14.6. The van der Waals surface area contributed by atoms with Gasteiger partial charge >= 0.3 is 0 Å².